The first-order valence-electron chi connectivity index (χ1n) is 6.79. The molecule has 0 spiro atoms. The van der Waals surface area contributed by atoms with Crippen molar-refractivity contribution in [3.63, 3.8) is 0 Å². The number of rotatable bonds is 5. The molecule has 0 unspecified atom stereocenters. The summed E-state index contributed by atoms with van der Waals surface area (Å²) in [7, 11) is 0. The molecule has 0 aromatic carbocycles. The highest BCUT2D eigenvalue weighted by molar-refractivity contribution is 5.34. The van der Waals surface area contributed by atoms with Gasteiger partial charge in [0.2, 0.25) is 11.9 Å². The average Bonchev–Trinajstić information content (AvgIpc) is 3.11. The van der Waals surface area contributed by atoms with Crippen LogP contribution in [-0.2, 0) is 0 Å². The van der Waals surface area contributed by atoms with Gasteiger partial charge in [0.15, 0.2) is 0 Å². The first kappa shape index (κ1) is 12.8. The number of nitrogen functional groups attached to an aromatic ring is 1. The summed E-state index contributed by atoms with van der Waals surface area (Å²) in [5.41, 5.74) is 5.71. The standard InChI is InChI=1S/C12H18N8/c13-10-16-11(14-5-9-19-6-1-2-7-19)18-12(17-10)20-8-3-4-15-20/h3-4,8H,1-2,5-7,9H2,(H3,13,14,16,17,18). The smallest absolute Gasteiger partial charge is 0.257 e. The van der Waals surface area contributed by atoms with Crippen LogP contribution in [0.4, 0.5) is 11.9 Å². The van der Waals surface area contributed by atoms with Gasteiger partial charge in [0.25, 0.3) is 5.95 Å². The zero-order valence-corrected chi connectivity index (χ0v) is 11.2. The van der Waals surface area contributed by atoms with Crippen molar-refractivity contribution in [2.24, 2.45) is 0 Å². The van der Waals surface area contributed by atoms with E-state index in [0.29, 0.717) is 11.9 Å². The second-order valence-corrected chi connectivity index (χ2v) is 4.74. The Morgan fingerprint density at radius 2 is 2.05 bits per heavy atom. The zero-order valence-electron chi connectivity index (χ0n) is 11.2. The molecule has 8 nitrogen and oxygen atoms in total. The molecule has 2 aromatic heterocycles. The number of hydrogen-bond donors (Lipinski definition) is 2. The van der Waals surface area contributed by atoms with Gasteiger partial charge in [0.1, 0.15) is 0 Å². The third-order valence-electron chi connectivity index (χ3n) is 3.26. The summed E-state index contributed by atoms with van der Waals surface area (Å²) in [5, 5.41) is 7.27. The zero-order chi connectivity index (χ0) is 13.8. The third kappa shape index (κ3) is 3.02. The van der Waals surface area contributed by atoms with Crippen LogP contribution in [0.2, 0.25) is 0 Å². The molecule has 1 aliphatic heterocycles. The van der Waals surface area contributed by atoms with Crippen molar-refractivity contribution in [2.45, 2.75) is 12.8 Å². The molecule has 0 atom stereocenters. The van der Waals surface area contributed by atoms with Crippen LogP contribution in [0.1, 0.15) is 12.8 Å². The monoisotopic (exact) mass is 274 g/mol. The minimum atomic E-state index is 0.189. The largest absolute Gasteiger partial charge is 0.368 e. The van der Waals surface area contributed by atoms with Crippen LogP contribution in [0.15, 0.2) is 18.5 Å². The van der Waals surface area contributed by atoms with Crippen molar-refractivity contribution in [1.29, 1.82) is 0 Å². The summed E-state index contributed by atoms with van der Waals surface area (Å²) < 4.78 is 1.56. The Kier molecular flexibility index (Phi) is 3.73. The van der Waals surface area contributed by atoms with Gasteiger partial charge in [-0.3, -0.25) is 0 Å². The summed E-state index contributed by atoms with van der Waals surface area (Å²) in [4.78, 5) is 14.9. The Labute approximate surface area is 117 Å². The second-order valence-electron chi connectivity index (χ2n) is 4.74. The fraction of sp³-hybridized carbons (Fsp3) is 0.500. The Balaban J connectivity index is 1.63. The van der Waals surface area contributed by atoms with Gasteiger partial charge in [-0.15, -0.1) is 0 Å². The number of nitrogens with two attached hydrogens (primary N) is 1. The lowest BCUT2D eigenvalue weighted by atomic mass is 10.4. The minimum absolute atomic E-state index is 0.189. The third-order valence-corrected chi connectivity index (χ3v) is 3.26. The topological polar surface area (TPSA) is 97.8 Å². The molecule has 0 amide bonds. The number of aromatic nitrogens is 5. The van der Waals surface area contributed by atoms with Gasteiger partial charge in [0.05, 0.1) is 0 Å². The molecule has 0 aliphatic carbocycles. The molecule has 3 rings (SSSR count). The van der Waals surface area contributed by atoms with Crippen molar-refractivity contribution in [3.8, 4) is 5.95 Å². The maximum absolute atomic E-state index is 5.71. The Bertz CT molecular complexity index is 547. The second kappa shape index (κ2) is 5.83. The quantitative estimate of drug-likeness (QED) is 0.800. The van der Waals surface area contributed by atoms with Gasteiger partial charge in [-0.2, -0.15) is 20.1 Å². The van der Waals surface area contributed by atoms with E-state index in [1.165, 1.54) is 25.9 Å². The number of nitrogens with one attached hydrogen (secondary N) is 1. The SMILES string of the molecule is Nc1nc(NCCN2CCCC2)nc(-n2cccn2)n1. The summed E-state index contributed by atoms with van der Waals surface area (Å²) in [6, 6.07) is 1.81. The van der Waals surface area contributed by atoms with Gasteiger partial charge in [0, 0.05) is 25.5 Å². The first-order valence-corrected chi connectivity index (χ1v) is 6.79. The molecule has 20 heavy (non-hydrogen) atoms. The Morgan fingerprint density at radius 1 is 1.20 bits per heavy atom. The van der Waals surface area contributed by atoms with Gasteiger partial charge >= 0.3 is 0 Å². The van der Waals surface area contributed by atoms with Crippen LogP contribution >= 0.6 is 0 Å². The van der Waals surface area contributed by atoms with E-state index in [9.17, 15) is 0 Å². The summed E-state index contributed by atoms with van der Waals surface area (Å²) in [6.45, 7) is 4.14. The van der Waals surface area contributed by atoms with Gasteiger partial charge in [-0.05, 0) is 32.0 Å². The molecular formula is C12H18N8. The molecule has 1 saturated heterocycles. The minimum Gasteiger partial charge on any atom is -0.368 e. The molecule has 2 aromatic rings. The van der Waals surface area contributed by atoms with E-state index in [1.807, 2.05) is 0 Å². The number of likely N-dealkylation sites (tertiary alicyclic amines) is 1. The molecule has 106 valence electrons. The molecule has 0 saturated carbocycles. The summed E-state index contributed by atoms with van der Waals surface area (Å²) >= 11 is 0. The molecule has 1 fully saturated rings. The lowest BCUT2D eigenvalue weighted by molar-refractivity contribution is 0.352. The number of hydrogen-bond acceptors (Lipinski definition) is 7. The van der Waals surface area contributed by atoms with E-state index in [1.54, 1.807) is 23.1 Å². The fourth-order valence-corrected chi connectivity index (χ4v) is 2.28. The molecule has 3 heterocycles. The van der Waals surface area contributed by atoms with E-state index in [-0.39, 0.29) is 5.95 Å². The predicted octanol–water partition coefficient (Wildman–Crippen LogP) is 0.147. The van der Waals surface area contributed by atoms with E-state index in [2.05, 4.69) is 30.3 Å². The van der Waals surface area contributed by atoms with Crippen LogP contribution in [-0.4, -0.2) is 55.8 Å². The molecule has 0 bridgehead atoms. The van der Waals surface area contributed by atoms with Crippen molar-refractivity contribution in [3.05, 3.63) is 18.5 Å². The maximum Gasteiger partial charge on any atom is 0.257 e. The number of anilines is 2. The van der Waals surface area contributed by atoms with Crippen LogP contribution < -0.4 is 11.1 Å². The van der Waals surface area contributed by atoms with Crippen molar-refractivity contribution < 1.29 is 0 Å². The van der Waals surface area contributed by atoms with Crippen LogP contribution in [0, 0.1) is 0 Å². The van der Waals surface area contributed by atoms with Gasteiger partial charge in [-0.1, -0.05) is 0 Å². The van der Waals surface area contributed by atoms with Gasteiger partial charge < -0.3 is 16.0 Å². The van der Waals surface area contributed by atoms with Crippen molar-refractivity contribution >= 4 is 11.9 Å². The lowest BCUT2D eigenvalue weighted by Gasteiger charge is -2.14. The van der Waals surface area contributed by atoms with E-state index < -0.39 is 0 Å². The molecule has 1 aliphatic rings. The molecule has 3 N–H and O–H groups in total. The van der Waals surface area contributed by atoms with Gasteiger partial charge in [-0.25, -0.2) is 4.68 Å². The van der Waals surface area contributed by atoms with Crippen molar-refractivity contribution in [2.75, 3.05) is 37.2 Å². The van der Waals surface area contributed by atoms with Crippen LogP contribution in [0.5, 0.6) is 0 Å². The maximum atomic E-state index is 5.71. The lowest BCUT2D eigenvalue weighted by Crippen LogP contribution is -2.26. The summed E-state index contributed by atoms with van der Waals surface area (Å²) in [5.74, 6) is 1.10. The van der Waals surface area contributed by atoms with Crippen LogP contribution in [0.25, 0.3) is 5.95 Å². The van der Waals surface area contributed by atoms with E-state index >= 15 is 0 Å². The Morgan fingerprint density at radius 3 is 2.80 bits per heavy atom. The first-order chi connectivity index (χ1) is 9.81. The average molecular weight is 274 g/mol. The van der Waals surface area contributed by atoms with E-state index in [4.69, 9.17) is 5.73 Å². The van der Waals surface area contributed by atoms with Crippen LogP contribution in [0.3, 0.4) is 0 Å². The fourth-order valence-electron chi connectivity index (χ4n) is 2.28. The molecule has 0 radical (unpaired) electrons. The number of nitrogens with zero attached hydrogens (tertiary/aromatic N) is 6. The predicted molar refractivity (Wildman–Crippen MR) is 75.5 cm³/mol. The highest BCUT2D eigenvalue weighted by Crippen LogP contribution is 2.08. The summed E-state index contributed by atoms with van der Waals surface area (Å²) in [6.07, 6.45) is 6.02. The molecule has 8 heteroatoms. The van der Waals surface area contributed by atoms with E-state index in [0.717, 1.165) is 13.1 Å². The normalized spacial score (nSPS) is 15.6. The van der Waals surface area contributed by atoms with Crippen molar-refractivity contribution in [1.82, 2.24) is 29.6 Å². The highest BCUT2D eigenvalue weighted by atomic mass is 15.4. The molecular weight excluding hydrogens is 256 g/mol. The highest BCUT2D eigenvalue weighted by Gasteiger charge is 2.11. The Hall–Kier alpha value is -2.22.